The number of benzene rings is 1. The fraction of sp³-hybridized carbons (Fsp3) is 0.0833. The zero-order chi connectivity index (χ0) is 11.8. The van der Waals surface area contributed by atoms with Gasteiger partial charge in [0.05, 0.1) is 12.1 Å². The molecule has 17 heavy (non-hydrogen) atoms. The molecule has 84 valence electrons. The van der Waals surface area contributed by atoms with Crippen molar-refractivity contribution in [2.24, 2.45) is 0 Å². The minimum Gasteiger partial charge on any atom is -0.382 e. The number of carbonyl (C=O) groups is 1. The molecule has 3 N–H and O–H groups in total. The van der Waals surface area contributed by atoms with Crippen LogP contribution in [0.3, 0.4) is 0 Å². The summed E-state index contributed by atoms with van der Waals surface area (Å²) in [5.41, 5.74) is 9.04. The second kappa shape index (κ2) is 3.55. The molecule has 1 aliphatic heterocycles. The number of rotatable bonds is 1. The van der Waals surface area contributed by atoms with Crippen LogP contribution < -0.4 is 11.1 Å². The molecule has 0 aliphatic carbocycles. The van der Waals surface area contributed by atoms with E-state index in [0.717, 1.165) is 22.5 Å². The maximum atomic E-state index is 11.2. The van der Waals surface area contributed by atoms with E-state index < -0.39 is 0 Å². The molecule has 0 fully saturated rings. The number of amides is 1. The van der Waals surface area contributed by atoms with Gasteiger partial charge in [0.2, 0.25) is 5.91 Å². The third-order valence-corrected chi connectivity index (χ3v) is 2.71. The highest BCUT2D eigenvalue weighted by Gasteiger charge is 2.17. The third kappa shape index (κ3) is 1.71. The number of nitrogens with one attached hydrogen (secondary N) is 1. The van der Waals surface area contributed by atoms with Gasteiger partial charge < -0.3 is 11.1 Å². The number of carbonyl (C=O) groups excluding carboxylic acids is 1. The molecule has 1 amide bonds. The minimum atomic E-state index is 0.0283. The number of aromatic nitrogens is 2. The Labute approximate surface area is 97.7 Å². The van der Waals surface area contributed by atoms with Crippen molar-refractivity contribution in [3.63, 3.8) is 0 Å². The second-order valence-corrected chi connectivity index (χ2v) is 3.94. The molecule has 1 aliphatic rings. The number of fused-ring (bicyclic) bond motifs is 1. The summed E-state index contributed by atoms with van der Waals surface area (Å²) in [4.78, 5) is 11.2. The summed E-state index contributed by atoms with van der Waals surface area (Å²) in [6.45, 7) is 0. The lowest BCUT2D eigenvalue weighted by Gasteiger charge is -2.03. The Hall–Kier alpha value is -2.43. The normalized spacial score (nSPS) is 13.3. The molecule has 2 heterocycles. The molecule has 0 bridgehead atoms. The van der Waals surface area contributed by atoms with E-state index in [1.165, 1.54) is 0 Å². The van der Waals surface area contributed by atoms with Crippen LogP contribution >= 0.6 is 0 Å². The van der Waals surface area contributed by atoms with E-state index in [9.17, 15) is 4.79 Å². The highest BCUT2D eigenvalue weighted by molar-refractivity contribution is 5.99. The van der Waals surface area contributed by atoms with Crippen molar-refractivity contribution in [2.75, 3.05) is 11.1 Å². The predicted octanol–water partition coefficient (Wildman–Crippen LogP) is 1.22. The molecule has 1 aromatic heterocycles. The lowest BCUT2D eigenvalue weighted by molar-refractivity contribution is -0.115. The second-order valence-electron chi connectivity index (χ2n) is 3.94. The molecule has 0 spiro atoms. The Kier molecular flexibility index (Phi) is 2.04. The van der Waals surface area contributed by atoms with Crippen molar-refractivity contribution in [1.29, 1.82) is 0 Å². The van der Waals surface area contributed by atoms with Crippen LogP contribution in [-0.2, 0) is 11.2 Å². The fourth-order valence-electron chi connectivity index (χ4n) is 1.89. The summed E-state index contributed by atoms with van der Waals surface area (Å²) in [6.07, 6.45) is 0.422. The molecule has 1 aromatic carbocycles. The van der Waals surface area contributed by atoms with Gasteiger partial charge in [0.1, 0.15) is 5.82 Å². The van der Waals surface area contributed by atoms with Crippen molar-refractivity contribution in [1.82, 2.24) is 10.2 Å². The zero-order valence-corrected chi connectivity index (χ0v) is 8.97. The van der Waals surface area contributed by atoms with Gasteiger partial charge in [0.15, 0.2) is 0 Å². The molecular weight excluding hydrogens is 216 g/mol. The van der Waals surface area contributed by atoms with Gasteiger partial charge in [0, 0.05) is 11.3 Å². The average Bonchev–Trinajstić information content (AvgIpc) is 2.69. The number of nitrogen functional groups attached to an aromatic ring is 1. The van der Waals surface area contributed by atoms with Gasteiger partial charge in [-0.05, 0) is 29.8 Å². The first kappa shape index (κ1) is 9.77. The number of hydrogen-bond donors (Lipinski definition) is 2. The lowest BCUT2D eigenvalue weighted by Crippen LogP contribution is -2.03. The van der Waals surface area contributed by atoms with Crippen LogP contribution in [0.25, 0.3) is 11.3 Å². The van der Waals surface area contributed by atoms with Gasteiger partial charge in [-0.25, -0.2) is 0 Å². The monoisotopic (exact) mass is 226 g/mol. The van der Waals surface area contributed by atoms with Crippen LogP contribution in [-0.4, -0.2) is 16.1 Å². The smallest absolute Gasteiger partial charge is 0.228 e. The first-order valence-corrected chi connectivity index (χ1v) is 5.25. The van der Waals surface area contributed by atoms with Crippen LogP contribution in [0.1, 0.15) is 5.56 Å². The molecule has 5 heteroatoms. The highest BCUT2D eigenvalue weighted by Crippen LogP contribution is 2.27. The average molecular weight is 226 g/mol. The summed E-state index contributed by atoms with van der Waals surface area (Å²) in [5, 5.41) is 10.6. The van der Waals surface area contributed by atoms with Crippen LogP contribution in [0.5, 0.6) is 0 Å². The summed E-state index contributed by atoms with van der Waals surface area (Å²) < 4.78 is 0. The Balaban J connectivity index is 2.03. The standard InChI is InChI=1S/C12H10N4O/c13-11-4-3-10(15-16-11)7-1-2-9-8(5-7)6-12(17)14-9/h1-5H,6H2,(H2,13,16)(H,14,17). The van der Waals surface area contributed by atoms with Gasteiger partial charge in [-0.3, -0.25) is 4.79 Å². The molecule has 0 atom stereocenters. The topological polar surface area (TPSA) is 80.9 Å². The largest absolute Gasteiger partial charge is 0.382 e. The molecule has 3 rings (SSSR count). The Morgan fingerprint density at radius 1 is 1.18 bits per heavy atom. The summed E-state index contributed by atoms with van der Waals surface area (Å²) in [7, 11) is 0. The molecule has 0 radical (unpaired) electrons. The summed E-state index contributed by atoms with van der Waals surface area (Å²) in [6, 6.07) is 9.26. The van der Waals surface area contributed by atoms with E-state index in [-0.39, 0.29) is 5.91 Å². The zero-order valence-electron chi connectivity index (χ0n) is 8.97. The number of nitrogens with two attached hydrogens (primary N) is 1. The summed E-state index contributed by atoms with van der Waals surface area (Å²) >= 11 is 0. The van der Waals surface area contributed by atoms with Crippen molar-refractivity contribution < 1.29 is 4.79 Å². The Bertz CT molecular complexity index is 592. The molecule has 0 unspecified atom stereocenters. The van der Waals surface area contributed by atoms with Gasteiger partial charge in [-0.2, -0.15) is 0 Å². The maximum Gasteiger partial charge on any atom is 0.228 e. The Morgan fingerprint density at radius 3 is 2.82 bits per heavy atom. The Morgan fingerprint density at radius 2 is 2.06 bits per heavy atom. The van der Waals surface area contributed by atoms with Crippen LogP contribution in [0, 0.1) is 0 Å². The predicted molar refractivity (Wildman–Crippen MR) is 64.2 cm³/mol. The molecule has 2 aromatic rings. The molecule has 0 saturated carbocycles. The van der Waals surface area contributed by atoms with Crippen molar-refractivity contribution in [3.8, 4) is 11.3 Å². The first-order chi connectivity index (χ1) is 8.22. The van der Waals surface area contributed by atoms with Crippen LogP contribution in [0.4, 0.5) is 11.5 Å². The molecular formula is C12H10N4O. The van der Waals surface area contributed by atoms with Gasteiger partial charge in [-0.1, -0.05) is 6.07 Å². The summed E-state index contributed by atoms with van der Waals surface area (Å²) in [5.74, 6) is 0.423. The molecule has 0 saturated heterocycles. The van der Waals surface area contributed by atoms with Gasteiger partial charge in [-0.15, -0.1) is 10.2 Å². The van der Waals surface area contributed by atoms with Crippen molar-refractivity contribution in [2.45, 2.75) is 6.42 Å². The van der Waals surface area contributed by atoms with Gasteiger partial charge >= 0.3 is 0 Å². The SMILES string of the molecule is Nc1ccc(-c2ccc3c(c2)CC(=O)N3)nn1. The number of hydrogen-bond acceptors (Lipinski definition) is 4. The third-order valence-electron chi connectivity index (χ3n) is 2.71. The van der Waals surface area contributed by atoms with E-state index in [0.29, 0.717) is 12.2 Å². The van der Waals surface area contributed by atoms with Crippen molar-refractivity contribution >= 4 is 17.4 Å². The van der Waals surface area contributed by atoms with Crippen LogP contribution in [0.2, 0.25) is 0 Å². The quantitative estimate of drug-likeness (QED) is 0.766. The fourth-order valence-corrected chi connectivity index (χ4v) is 1.89. The van der Waals surface area contributed by atoms with Gasteiger partial charge in [0.25, 0.3) is 0 Å². The van der Waals surface area contributed by atoms with E-state index >= 15 is 0 Å². The number of anilines is 2. The highest BCUT2D eigenvalue weighted by atomic mass is 16.1. The van der Waals surface area contributed by atoms with E-state index in [1.54, 1.807) is 6.07 Å². The molecule has 5 nitrogen and oxygen atoms in total. The maximum absolute atomic E-state index is 11.2. The van der Waals surface area contributed by atoms with Crippen LogP contribution in [0.15, 0.2) is 30.3 Å². The van der Waals surface area contributed by atoms with E-state index in [4.69, 9.17) is 5.73 Å². The first-order valence-electron chi connectivity index (χ1n) is 5.25. The van der Waals surface area contributed by atoms with E-state index in [1.807, 2.05) is 24.3 Å². The van der Waals surface area contributed by atoms with E-state index in [2.05, 4.69) is 15.5 Å². The minimum absolute atomic E-state index is 0.0283. The lowest BCUT2D eigenvalue weighted by atomic mass is 10.1. The van der Waals surface area contributed by atoms with Crippen molar-refractivity contribution in [3.05, 3.63) is 35.9 Å². The number of nitrogens with zero attached hydrogens (tertiary/aromatic N) is 2.